The van der Waals surface area contributed by atoms with Crippen LogP contribution < -0.4 is 10.6 Å². The summed E-state index contributed by atoms with van der Waals surface area (Å²) in [6, 6.07) is 12.0. The highest BCUT2D eigenvalue weighted by Gasteiger charge is 2.17. The van der Waals surface area contributed by atoms with Crippen LogP contribution in [0.25, 0.3) is 11.0 Å². The van der Waals surface area contributed by atoms with E-state index in [9.17, 15) is 14.0 Å². The molecule has 0 aliphatic carbocycles. The standard InChI is InChI=1S/C23H21FN6O2/c1-13-9-16(5-8-18(13)24)11-26-23(32)21-19-20(27-12-28-21)22(30-29-19)25-10-15-3-6-17(7-4-15)14(2)31/h3-9,12H,10-11H2,1-2H3,(H,26,32)(H2,25,29,30). The molecule has 4 rings (SSSR count). The average Bonchev–Trinajstić information content (AvgIpc) is 3.21. The van der Waals surface area contributed by atoms with E-state index in [4.69, 9.17) is 0 Å². The van der Waals surface area contributed by atoms with E-state index in [1.165, 1.54) is 19.3 Å². The smallest absolute Gasteiger partial charge is 0.272 e. The third-order valence-corrected chi connectivity index (χ3v) is 5.06. The first-order valence-electron chi connectivity index (χ1n) is 9.98. The van der Waals surface area contributed by atoms with E-state index in [1.807, 2.05) is 12.1 Å². The van der Waals surface area contributed by atoms with Crippen LogP contribution in [0.1, 0.15) is 44.5 Å². The number of Topliss-reactive ketones (excluding diaryl/α,β-unsaturated/α-hetero) is 1. The fourth-order valence-corrected chi connectivity index (χ4v) is 3.26. The van der Waals surface area contributed by atoms with Gasteiger partial charge in [0.1, 0.15) is 23.2 Å². The molecule has 2 heterocycles. The van der Waals surface area contributed by atoms with Crippen molar-refractivity contribution >= 4 is 28.5 Å². The van der Waals surface area contributed by atoms with Gasteiger partial charge in [-0.25, -0.2) is 14.4 Å². The van der Waals surface area contributed by atoms with Crippen molar-refractivity contribution in [3.05, 3.63) is 82.6 Å². The number of nitrogens with one attached hydrogen (secondary N) is 3. The molecular weight excluding hydrogens is 411 g/mol. The Morgan fingerprint density at radius 2 is 1.78 bits per heavy atom. The first kappa shape index (κ1) is 21.1. The summed E-state index contributed by atoms with van der Waals surface area (Å²) >= 11 is 0. The van der Waals surface area contributed by atoms with E-state index >= 15 is 0 Å². The molecule has 0 fully saturated rings. The second kappa shape index (κ2) is 8.93. The van der Waals surface area contributed by atoms with E-state index in [0.29, 0.717) is 34.5 Å². The summed E-state index contributed by atoms with van der Waals surface area (Å²) in [4.78, 5) is 32.4. The van der Waals surface area contributed by atoms with Crippen LogP contribution in [0, 0.1) is 12.7 Å². The second-order valence-corrected chi connectivity index (χ2v) is 7.39. The summed E-state index contributed by atoms with van der Waals surface area (Å²) in [6.45, 7) is 3.90. The molecule has 3 N–H and O–H groups in total. The number of hydrogen-bond donors (Lipinski definition) is 3. The van der Waals surface area contributed by atoms with E-state index in [2.05, 4.69) is 30.8 Å². The number of fused-ring (bicyclic) bond motifs is 1. The number of carbonyl (C=O) groups is 2. The van der Waals surface area contributed by atoms with Gasteiger partial charge in [-0.05, 0) is 36.6 Å². The number of ketones is 1. The minimum atomic E-state index is -0.394. The van der Waals surface area contributed by atoms with Gasteiger partial charge in [-0.1, -0.05) is 36.4 Å². The van der Waals surface area contributed by atoms with Gasteiger partial charge in [0.15, 0.2) is 17.3 Å². The number of aryl methyl sites for hydroxylation is 1. The number of amides is 1. The quantitative estimate of drug-likeness (QED) is 0.385. The van der Waals surface area contributed by atoms with Crippen molar-refractivity contribution < 1.29 is 14.0 Å². The van der Waals surface area contributed by atoms with Crippen LogP contribution in [-0.2, 0) is 13.1 Å². The van der Waals surface area contributed by atoms with Crippen LogP contribution in [0.15, 0.2) is 48.8 Å². The molecule has 8 nitrogen and oxygen atoms in total. The zero-order valence-electron chi connectivity index (χ0n) is 17.6. The van der Waals surface area contributed by atoms with Crippen molar-refractivity contribution in [1.82, 2.24) is 25.5 Å². The highest BCUT2D eigenvalue weighted by atomic mass is 19.1. The molecule has 32 heavy (non-hydrogen) atoms. The highest BCUT2D eigenvalue weighted by Crippen LogP contribution is 2.20. The summed E-state index contributed by atoms with van der Waals surface area (Å²) in [5.41, 5.74) is 3.98. The summed E-state index contributed by atoms with van der Waals surface area (Å²) in [7, 11) is 0. The minimum Gasteiger partial charge on any atom is -0.363 e. The van der Waals surface area contributed by atoms with Crippen LogP contribution in [0.3, 0.4) is 0 Å². The number of benzene rings is 2. The van der Waals surface area contributed by atoms with Crippen molar-refractivity contribution in [1.29, 1.82) is 0 Å². The molecule has 2 aromatic heterocycles. The van der Waals surface area contributed by atoms with Gasteiger partial charge < -0.3 is 10.6 Å². The maximum atomic E-state index is 13.4. The zero-order valence-corrected chi connectivity index (χ0v) is 17.6. The normalized spacial score (nSPS) is 10.8. The molecule has 0 unspecified atom stereocenters. The number of carbonyl (C=O) groups excluding carboxylic acids is 2. The first-order chi connectivity index (χ1) is 15.4. The predicted molar refractivity (Wildman–Crippen MR) is 118 cm³/mol. The molecule has 9 heteroatoms. The molecule has 0 saturated carbocycles. The summed E-state index contributed by atoms with van der Waals surface area (Å²) in [5.74, 6) is -0.180. The van der Waals surface area contributed by atoms with Crippen molar-refractivity contribution in [2.24, 2.45) is 0 Å². The maximum absolute atomic E-state index is 13.4. The highest BCUT2D eigenvalue weighted by molar-refractivity contribution is 6.04. The average molecular weight is 432 g/mol. The third kappa shape index (κ3) is 4.46. The van der Waals surface area contributed by atoms with Crippen LogP contribution in [0.4, 0.5) is 10.2 Å². The molecule has 0 saturated heterocycles. The van der Waals surface area contributed by atoms with E-state index in [0.717, 1.165) is 11.1 Å². The monoisotopic (exact) mass is 432 g/mol. The number of hydrogen-bond acceptors (Lipinski definition) is 6. The Balaban J connectivity index is 1.46. The Hall–Kier alpha value is -4.14. The van der Waals surface area contributed by atoms with Gasteiger partial charge in [0.2, 0.25) is 0 Å². The molecule has 0 atom stereocenters. The predicted octanol–water partition coefficient (Wildman–Crippen LogP) is 3.55. The lowest BCUT2D eigenvalue weighted by molar-refractivity contribution is 0.0946. The molecular formula is C23H21FN6O2. The molecule has 0 bridgehead atoms. The van der Waals surface area contributed by atoms with Crippen molar-refractivity contribution in [2.75, 3.05) is 5.32 Å². The van der Waals surface area contributed by atoms with Gasteiger partial charge in [0, 0.05) is 18.7 Å². The van der Waals surface area contributed by atoms with Gasteiger partial charge in [0.05, 0.1) is 0 Å². The van der Waals surface area contributed by atoms with Crippen LogP contribution in [0.5, 0.6) is 0 Å². The molecule has 162 valence electrons. The van der Waals surface area contributed by atoms with E-state index in [-0.39, 0.29) is 23.8 Å². The SMILES string of the molecule is CC(=O)c1ccc(CNc2n[nH]c3c(C(=O)NCc4ccc(F)c(C)c4)ncnc23)cc1. The van der Waals surface area contributed by atoms with Crippen molar-refractivity contribution in [2.45, 2.75) is 26.9 Å². The minimum absolute atomic E-state index is 0.0138. The zero-order chi connectivity index (χ0) is 22.7. The largest absolute Gasteiger partial charge is 0.363 e. The molecule has 2 aromatic carbocycles. The fraction of sp³-hybridized carbons (Fsp3) is 0.174. The van der Waals surface area contributed by atoms with Crippen LogP contribution in [-0.4, -0.2) is 31.9 Å². The molecule has 0 aliphatic rings. The van der Waals surface area contributed by atoms with Gasteiger partial charge in [-0.3, -0.25) is 14.7 Å². The Labute approximate surface area is 183 Å². The molecule has 0 spiro atoms. The fourth-order valence-electron chi connectivity index (χ4n) is 3.26. The van der Waals surface area contributed by atoms with E-state index < -0.39 is 5.91 Å². The molecule has 4 aromatic rings. The lowest BCUT2D eigenvalue weighted by atomic mass is 10.1. The number of H-pyrrole nitrogens is 1. The van der Waals surface area contributed by atoms with Gasteiger partial charge in [0.25, 0.3) is 5.91 Å². The molecule has 0 radical (unpaired) electrons. The Morgan fingerprint density at radius 3 is 2.50 bits per heavy atom. The van der Waals surface area contributed by atoms with Crippen molar-refractivity contribution in [3.8, 4) is 0 Å². The first-order valence-corrected chi connectivity index (χ1v) is 9.98. The van der Waals surface area contributed by atoms with E-state index in [1.54, 1.807) is 31.2 Å². The number of rotatable bonds is 7. The Kier molecular flexibility index (Phi) is 5.89. The number of aromatic amines is 1. The lowest BCUT2D eigenvalue weighted by Gasteiger charge is -2.07. The third-order valence-electron chi connectivity index (χ3n) is 5.06. The Bertz CT molecular complexity index is 1300. The molecule has 0 aliphatic heterocycles. The second-order valence-electron chi connectivity index (χ2n) is 7.39. The topological polar surface area (TPSA) is 113 Å². The van der Waals surface area contributed by atoms with Gasteiger partial charge in [-0.2, -0.15) is 5.10 Å². The number of anilines is 1. The van der Waals surface area contributed by atoms with Gasteiger partial charge in [-0.15, -0.1) is 0 Å². The molecule has 1 amide bonds. The Morgan fingerprint density at radius 1 is 1.03 bits per heavy atom. The van der Waals surface area contributed by atoms with Gasteiger partial charge >= 0.3 is 0 Å². The van der Waals surface area contributed by atoms with Crippen molar-refractivity contribution in [3.63, 3.8) is 0 Å². The number of nitrogens with zero attached hydrogens (tertiary/aromatic N) is 3. The number of halogens is 1. The summed E-state index contributed by atoms with van der Waals surface area (Å²) in [5, 5.41) is 13.0. The number of aromatic nitrogens is 4. The maximum Gasteiger partial charge on any atom is 0.272 e. The lowest BCUT2D eigenvalue weighted by Crippen LogP contribution is -2.24. The summed E-state index contributed by atoms with van der Waals surface area (Å²) < 4.78 is 13.4. The van der Waals surface area contributed by atoms with Crippen LogP contribution >= 0.6 is 0 Å². The van der Waals surface area contributed by atoms with Crippen LogP contribution in [0.2, 0.25) is 0 Å². The summed E-state index contributed by atoms with van der Waals surface area (Å²) in [6.07, 6.45) is 1.31.